The molecule has 0 saturated carbocycles. The summed E-state index contributed by atoms with van der Waals surface area (Å²) >= 11 is 0. The number of aliphatic hydroxyl groups is 2. The van der Waals surface area contributed by atoms with E-state index in [9.17, 15) is 10.2 Å². The van der Waals surface area contributed by atoms with E-state index in [1.807, 2.05) is 0 Å². The number of aliphatic hydroxyl groups excluding tert-OH is 2. The number of nitrogens with two attached hydrogens (primary N) is 1. The predicted molar refractivity (Wildman–Crippen MR) is 65.3 cm³/mol. The molecule has 1 aliphatic rings. The van der Waals surface area contributed by atoms with E-state index in [1.54, 1.807) is 17.0 Å². The third-order valence-electron chi connectivity index (χ3n) is 3.12. The second-order valence-electron chi connectivity index (χ2n) is 4.30. The molecule has 0 spiro atoms. The topological polar surface area (TPSA) is 110 Å². The van der Waals surface area contributed by atoms with Gasteiger partial charge >= 0.3 is 0 Å². The van der Waals surface area contributed by atoms with Gasteiger partial charge in [0.2, 0.25) is 0 Å². The highest BCUT2D eigenvalue weighted by molar-refractivity contribution is 5.83. The van der Waals surface area contributed by atoms with Crippen LogP contribution in [0.4, 0.5) is 5.82 Å². The Labute approximate surface area is 103 Å². The summed E-state index contributed by atoms with van der Waals surface area (Å²) in [6.45, 7) is 0. The maximum atomic E-state index is 9.66. The van der Waals surface area contributed by atoms with Crippen LogP contribution in [0.15, 0.2) is 18.7 Å². The molecule has 0 bridgehead atoms. The van der Waals surface area contributed by atoms with E-state index < -0.39 is 12.2 Å². The van der Waals surface area contributed by atoms with Crippen LogP contribution in [-0.4, -0.2) is 41.9 Å². The molecule has 1 aliphatic carbocycles. The molecule has 2 heterocycles. The molecule has 4 N–H and O–H groups in total. The molecular formula is C11H13N5O2. The van der Waals surface area contributed by atoms with Crippen LogP contribution in [0, 0.1) is 0 Å². The standard InChI is InChI=1S/C11H13N5O2/c12-10-9-11(14-4-13-10)16(5-15-9)6-1-2-7(17)8(18)3-6/h3-5,7-8,17-18H,1-2H2,(H2,12,13,14)/t7-,8+/m0/s1. The maximum absolute atomic E-state index is 9.66. The average molecular weight is 247 g/mol. The number of nitrogen functional groups attached to an aromatic ring is 1. The van der Waals surface area contributed by atoms with Crippen LogP contribution < -0.4 is 5.73 Å². The predicted octanol–water partition coefficient (Wildman–Crippen LogP) is -0.235. The lowest BCUT2D eigenvalue weighted by Gasteiger charge is -2.22. The Hall–Kier alpha value is -1.99. The molecule has 2 aromatic heterocycles. The molecule has 0 unspecified atom stereocenters. The second-order valence-corrected chi connectivity index (χ2v) is 4.30. The van der Waals surface area contributed by atoms with E-state index in [1.165, 1.54) is 6.33 Å². The van der Waals surface area contributed by atoms with Crippen molar-refractivity contribution >= 4 is 22.7 Å². The highest BCUT2D eigenvalue weighted by atomic mass is 16.3. The molecule has 0 amide bonds. The summed E-state index contributed by atoms with van der Waals surface area (Å²) in [4.78, 5) is 12.2. The summed E-state index contributed by atoms with van der Waals surface area (Å²) in [7, 11) is 0. The molecule has 3 rings (SSSR count). The molecule has 2 aromatic rings. The number of imidazole rings is 1. The summed E-state index contributed by atoms with van der Waals surface area (Å²) in [6.07, 6.45) is 4.19. The quantitative estimate of drug-likeness (QED) is 0.641. The first-order valence-electron chi connectivity index (χ1n) is 5.67. The zero-order valence-electron chi connectivity index (χ0n) is 9.56. The van der Waals surface area contributed by atoms with Gasteiger partial charge in [-0.25, -0.2) is 15.0 Å². The molecule has 7 heteroatoms. The number of nitrogens with zero attached hydrogens (tertiary/aromatic N) is 4. The van der Waals surface area contributed by atoms with Crippen molar-refractivity contribution in [1.29, 1.82) is 0 Å². The summed E-state index contributed by atoms with van der Waals surface area (Å²) in [5.74, 6) is 0.329. The van der Waals surface area contributed by atoms with Crippen LogP contribution in [0.3, 0.4) is 0 Å². The fourth-order valence-corrected chi connectivity index (χ4v) is 2.12. The fourth-order valence-electron chi connectivity index (χ4n) is 2.12. The van der Waals surface area contributed by atoms with Gasteiger partial charge in [-0.3, -0.25) is 4.57 Å². The Kier molecular flexibility index (Phi) is 2.49. The maximum Gasteiger partial charge on any atom is 0.169 e. The molecule has 18 heavy (non-hydrogen) atoms. The Morgan fingerprint density at radius 3 is 2.89 bits per heavy atom. The van der Waals surface area contributed by atoms with Gasteiger partial charge in [-0.2, -0.15) is 0 Å². The Morgan fingerprint density at radius 2 is 2.11 bits per heavy atom. The van der Waals surface area contributed by atoms with Crippen molar-refractivity contribution in [1.82, 2.24) is 19.5 Å². The number of hydrogen-bond donors (Lipinski definition) is 3. The van der Waals surface area contributed by atoms with Gasteiger partial charge in [-0.1, -0.05) is 0 Å². The Morgan fingerprint density at radius 1 is 1.28 bits per heavy atom. The number of anilines is 1. The highest BCUT2D eigenvalue weighted by Gasteiger charge is 2.22. The van der Waals surface area contributed by atoms with Crippen LogP contribution in [0.5, 0.6) is 0 Å². The van der Waals surface area contributed by atoms with Crippen molar-refractivity contribution in [2.45, 2.75) is 25.0 Å². The van der Waals surface area contributed by atoms with Crippen molar-refractivity contribution in [3.63, 3.8) is 0 Å². The van der Waals surface area contributed by atoms with Gasteiger partial charge in [0.15, 0.2) is 17.0 Å². The van der Waals surface area contributed by atoms with Crippen LogP contribution in [0.1, 0.15) is 12.8 Å². The lowest BCUT2D eigenvalue weighted by molar-refractivity contribution is 0.0396. The van der Waals surface area contributed by atoms with Crippen molar-refractivity contribution in [3.8, 4) is 0 Å². The van der Waals surface area contributed by atoms with Crippen LogP contribution >= 0.6 is 0 Å². The normalized spacial score (nSPS) is 24.2. The van der Waals surface area contributed by atoms with E-state index in [0.717, 1.165) is 5.70 Å². The van der Waals surface area contributed by atoms with Gasteiger partial charge in [-0.15, -0.1) is 0 Å². The lowest BCUT2D eigenvalue weighted by atomic mass is 9.99. The third kappa shape index (κ3) is 1.64. The van der Waals surface area contributed by atoms with E-state index >= 15 is 0 Å². The molecule has 94 valence electrons. The van der Waals surface area contributed by atoms with Gasteiger partial charge in [0.05, 0.1) is 12.2 Å². The van der Waals surface area contributed by atoms with Crippen LogP contribution in [0.25, 0.3) is 16.9 Å². The lowest BCUT2D eigenvalue weighted by Crippen LogP contribution is -2.28. The van der Waals surface area contributed by atoms with E-state index in [0.29, 0.717) is 29.8 Å². The largest absolute Gasteiger partial charge is 0.390 e. The van der Waals surface area contributed by atoms with Gasteiger partial charge in [0.25, 0.3) is 0 Å². The highest BCUT2D eigenvalue weighted by Crippen LogP contribution is 2.26. The van der Waals surface area contributed by atoms with Crippen molar-refractivity contribution < 1.29 is 10.2 Å². The van der Waals surface area contributed by atoms with E-state index in [-0.39, 0.29) is 0 Å². The van der Waals surface area contributed by atoms with Crippen LogP contribution in [-0.2, 0) is 0 Å². The minimum atomic E-state index is -0.856. The van der Waals surface area contributed by atoms with Crippen molar-refractivity contribution in [2.75, 3.05) is 5.73 Å². The fraction of sp³-hybridized carbons (Fsp3) is 0.364. The summed E-state index contributed by atoms with van der Waals surface area (Å²) in [5, 5.41) is 19.1. The molecule has 0 aliphatic heterocycles. The Balaban J connectivity index is 2.10. The van der Waals surface area contributed by atoms with Gasteiger partial charge < -0.3 is 15.9 Å². The number of rotatable bonds is 1. The first kappa shape index (κ1) is 11.1. The van der Waals surface area contributed by atoms with E-state index in [4.69, 9.17) is 5.73 Å². The minimum absolute atomic E-state index is 0.329. The number of aromatic nitrogens is 4. The summed E-state index contributed by atoms with van der Waals surface area (Å²) in [5.41, 5.74) is 7.72. The number of allylic oxidation sites excluding steroid dienone is 1. The molecule has 0 aromatic carbocycles. The minimum Gasteiger partial charge on any atom is -0.390 e. The van der Waals surface area contributed by atoms with Crippen LogP contribution in [0.2, 0.25) is 0 Å². The first-order chi connectivity index (χ1) is 8.66. The van der Waals surface area contributed by atoms with E-state index in [2.05, 4.69) is 15.0 Å². The second kappa shape index (κ2) is 4.04. The number of fused-ring (bicyclic) bond motifs is 1. The van der Waals surface area contributed by atoms with Gasteiger partial charge in [0.1, 0.15) is 12.7 Å². The smallest absolute Gasteiger partial charge is 0.169 e. The molecule has 7 nitrogen and oxygen atoms in total. The average Bonchev–Trinajstić information content (AvgIpc) is 2.78. The zero-order chi connectivity index (χ0) is 12.7. The molecule has 2 atom stereocenters. The van der Waals surface area contributed by atoms with Gasteiger partial charge in [-0.05, 0) is 18.9 Å². The van der Waals surface area contributed by atoms with Gasteiger partial charge in [0, 0.05) is 5.70 Å². The summed E-state index contributed by atoms with van der Waals surface area (Å²) in [6, 6.07) is 0. The zero-order valence-corrected chi connectivity index (χ0v) is 9.56. The SMILES string of the molecule is Nc1ncnc2c1ncn2C1=C[C@@H](O)[C@@H](O)CC1. The van der Waals surface area contributed by atoms with Crippen molar-refractivity contribution in [2.24, 2.45) is 0 Å². The molecule has 0 radical (unpaired) electrons. The molecular weight excluding hydrogens is 234 g/mol. The molecule has 0 fully saturated rings. The monoisotopic (exact) mass is 247 g/mol. The Bertz CT molecular complexity index is 621. The first-order valence-corrected chi connectivity index (χ1v) is 5.67. The van der Waals surface area contributed by atoms with Crippen molar-refractivity contribution in [3.05, 3.63) is 18.7 Å². The number of hydrogen-bond acceptors (Lipinski definition) is 6. The summed E-state index contributed by atoms with van der Waals surface area (Å²) < 4.78 is 1.77. The third-order valence-corrected chi connectivity index (χ3v) is 3.12. The molecule has 0 saturated heterocycles.